The molecule has 1 amide bonds. The van der Waals surface area contributed by atoms with E-state index in [1.54, 1.807) is 6.20 Å². The molecule has 3 rings (SSSR count). The van der Waals surface area contributed by atoms with Crippen LogP contribution < -0.4 is 5.32 Å². The lowest BCUT2D eigenvalue weighted by molar-refractivity contribution is -0.121. The number of pyridine rings is 1. The van der Waals surface area contributed by atoms with Crippen LogP contribution in [0.25, 0.3) is 0 Å². The minimum Gasteiger partial charge on any atom is -0.351 e. The highest BCUT2D eigenvalue weighted by Crippen LogP contribution is 2.15. The number of aryl methyl sites for hydroxylation is 3. The van der Waals surface area contributed by atoms with Gasteiger partial charge in [-0.3, -0.25) is 9.78 Å². The predicted molar refractivity (Wildman–Crippen MR) is 79.9 cm³/mol. The number of carbonyl (C=O) groups is 1. The molecule has 1 atom stereocenters. The van der Waals surface area contributed by atoms with Gasteiger partial charge < -0.3 is 9.88 Å². The number of rotatable bonds is 3. The normalized spacial score (nSPS) is 17.3. The fraction of sp³-hybridized carbons (Fsp3) is 0.438. The molecule has 1 aliphatic heterocycles. The molecule has 0 spiro atoms. The second-order valence-electron chi connectivity index (χ2n) is 5.74. The van der Waals surface area contributed by atoms with Crippen molar-refractivity contribution in [1.82, 2.24) is 19.9 Å². The number of imidazole rings is 1. The van der Waals surface area contributed by atoms with Gasteiger partial charge in [0.2, 0.25) is 5.91 Å². The van der Waals surface area contributed by atoms with Crippen LogP contribution in [0.15, 0.2) is 24.5 Å². The lowest BCUT2D eigenvalue weighted by atomic mass is 10.1. The monoisotopic (exact) mass is 284 g/mol. The third-order valence-electron chi connectivity index (χ3n) is 3.82. The molecule has 0 fully saturated rings. The molecule has 0 bridgehead atoms. The molecular formula is C16H20N4O. The maximum absolute atomic E-state index is 12.1. The van der Waals surface area contributed by atoms with E-state index in [9.17, 15) is 4.79 Å². The molecule has 3 heterocycles. The summed E-state index contributed by atoms with van der Waals surface area (Å²) in [5.41, 5.74) is 2.96. The number of hydrogen-bond donors (Lipinski definition) is 1. The van der Waals surface area contributed by atoms with Crippen LogP contribution >= 0.6 is 0 Å². The van der Waals surface area contributed by atoms with Crippen molar-refractivity contribution in [3.63, 3.8) is 0 Å². The van der Waals surface area contributed by atoms with E-state index in [0.29, 0.717) is 6.42 Å². The smallest absolute Gasteiger partial charge is 0.224 e. The van der Waals surface area contributed by atoms with Crippen LogP contribution in [0.1, 0.15) is 29.2 Å². The van der Waals surface area contributed by atoms with Gasteiger partial charge in [-0.15, -0.1) is 0 Å². The first kappa shape index (κ1) is 13.8. The first-order valence-electron chi connectivity index (χ1n) is 7.34. The van der Waals surface area contributed by atoms with Gasteiger partial charge in [-0.05, 0) is 31.9 Å². The third kappa shape index (κ3) is 3.29. The highest BCUT2D eigenvalue weighted by atomic mass is 16.1. The molecule has 1 N–H and O–H groups in total. The van der Waals surface area contributed by atoms with E-state index in [1.165, 1.54) is 0 Å². The van der Waals surface area contributed by atoms with Crippen molar-refractivity contribution in [2.75, 3.05) is 0 Å². The summed E-state index contributed by atoms with van der Waals surface area (Å²) in [6.45, 7) is 4.76. The molecule has 1 aliphatic rings. The van der Waals surface area contributed by atoms with Gasteiger partial charge in [-0.25, -0.2) is 4.98 Å². The standard InChI is InChI=1S/C16H20N4O/c1-11-3-4-13(8-17-11)7-16(21)19-14-5-6-15-18-12(2)9-20(15)10-14/h3-4,8-9,14H,5-7,10H2,1-2H3,(H,19,21). The van der Waals surface area contributed by atoms with Gasteiger partial charge in [-0.1, -0.05) is 6.07 Å². The highest BCUT2D eigenvalue weighted by molar-refractivity contribution is 5.78. The summed E-state index contributed by atoms with van der Waals surface area (Å²) in [6, 6.07) is 4.08. The second-order valence-corrected chi connectivity index (χ2v) is 5.74. The van der Waals surface area contributed by atoms with E-state index >= 15 is 0 Å². The molecule has 21 heavy (non-hydrogen) atoms. The first-order chi connectivity index (χ1) is 10.1. The molecule has 1 unspecified atom stereocenters. The van der Waals surface area contributed by atoms with E-state index in [2.05, 4.69) is 26.0 Å². The van der Waals surface area contributed by atoms with Crippen LogP contribution in [0.5, 0.6) is 0 Å². The average molecular weight is 284 g/mol. The van der Waals surface area contributed by atoms with Crippen molar-refractivity contribution in [2.24, 2.45) is 0 Å². The number of fused-ring (bicyclic) bond motifs is 1. The average Bonchev–Trinajstić information content (AvgIpc) is 2.80. The Morgan fingerprint density at radius 3 is 3.00 bits per heavy atom. The molecule has 0 aromatic carbocycles. The summed E-state index contributed by atoms with van der Waals surface area (Å²) in [4.78, 5) is 20.8. The summed E-state index contributed by atoms with van der Waals surface area (Å²) >= 11 is 0. The maximum atomic E-state index is 12.1. The Hall–Kier alpha value is -2.17. The van der Waals surface area contributed by atoms with Crippen molar-refractivity contribution in [2.45, 2.75) is 45.7 Å². The van der Waals surface area contributed by atoms with Crippen molar-refractivity contribution >= 4 is 5.91 Å². The molecule has 0 saturated carbocycles. The zero-order valence-electron chi connectivity index (χ0n) is 12.5. The van der Waals surface area contributed by atoms with Crippen LogP contribution in [-0.4, -0.2) is 26.5 Å². The van der Waals surface area contributed by atoms with Crippen LogP contribution in [0, 0.1) is 13.8 Å². The van der Waals surface area contributed by atoms with Crippen LogP contribution in [0.2, 0.25) is 0 Å². The molecule has 2 aromatic heterocycles. The number of aromatic nitrogens is 3. The zero-order chi connectivity index (χ0) is 14.8. The summed E-state index contributed by atoms with van der Waals surface area (Å²) in [5.74, 6) is 1.19. The van der Waals surface area contributed by atoms with Crippen LogP contribution in [0.3, 0.4) is 0 Å². The summed E-state index contributed by atoms with van der Waals surface area (Å²) < 4.78 is 2.15. The van der Waals surface area contributed by atoms with Crippen molar-refractivity contribution in [3.8, 4) is 0 Å². The Labute approximate surface area is 124 Å². The molecule has 2 aromatic rings. The molecule has 0 aliphatic carbocycles. The number of carbonyl (C=O) groups excluding carboxylic acids is 1. The first-order valence-corrected chi connectivity index (χ1v) is 7.34. The van der Waals surface area contributed by atoms with Gasteiger partial charge >= 0.3 is 0 Å². The number of amides is 1. The SMILES string of the molecule is Cc1ccc(CC(=O)NC2CCc3nc(C)cn3C2)cn1. The summed E-state index contributed by atoms with van der Waals surface area (Å²) in [7, 11) is 0. The van der Waals surface area contributed by atoms with Crippen LogP contribution in [0.4, 0.5) is 0 Å². The fourth-order valence-corrected chi connectivity index (χ4v) is 2.77. The van der Waals surface area contributed by atoms with E-state index < -0.39 is 0 Å². The van der Waals surface area contributed by atoms with E-state index in [4.69, 9.17) is 0 Å². The maximum Gasteiger partial charge on any atom is 0.224 e. The van der Waals surface area contributed by atoms with E-state index in [0.717, 1.165) is 42.2 Å². The zero-order valence-corrected chi connectivity index (χ0v) is 12.5. The Balaban J connectivity index is 1.57. The number of nitrogens with zero attached hydrogens (tertiary/aromatic N) is 3. The van der Waals surface area contributed by atoms with Gasteiger partial charge in [0.25, 0.3) is 0 Å². The highest BCUT2D eigenvalue weighted by Gasteiger charge is 2.21. The Kier molecular flexibility index (Phi) is 3.73. The van der Waals surface area contributed by atoms with Gasteiger partial charge in [0.05, 0.1) is 12.1 Å². The predicted octanol–water partition coefficient (Wildman–Crippen LogP) is 1.57. The minimum absolute atomic E-state index is 0.0611. The Morgan fingerprint density at radius 2 is 2.24 bits per heavy atom. The molecule has 5 heteroatoms. The van der Waals surface area contributed by atoms with Crippen LogP contribution in [-0.2, 0) is 24.2 Å². The molecule has 0 saturated heterocycles. The van der Waals surface area contributed by atoms with Gasteiger partial charge in [0.1, 0.15) is 5.82 Å². The Bertz CT molecular complexity index is 645. The van der Waals surface area contributed by atoms with Crippen molar-refractivity contribution in [3.05, 3.63) is 47.3 Å². The largest absolute Gasteiger partial charge is 0.351 e. The Morgan fingerprint density at radius 1 is 1.38 bits per heavy atom. The number of hydrogen-bond acceptors (Lipinski definition) is 3. The van der Waals surface area contributed by atoms with E-state index in [-0.39, 0.29) is 11.9 Å². The summed E-state index contributed by atoms with van der Waals surface area (Å²) in [5, 5.41) is 3.12. The quantitative estimate of drug-likeness (QED) is 0.930. The van der Waals surface area contributed by atoms with Crippen molar-refractivity contribution < 1.29 is 4.79 Å². The molecule has 110 valence electrons. The lowest BCUT2D eigenvalue weighted by Gasteiger charge is -2.24. The lowest BCUT2D eigenvalue weighted by Crippen LogP contribution is -2.41. The molecule has 0 radical (unpaired) electrons. The molecule has 5 nitrogen and oxygen atoms in total. The summed E-state index contributed by atoms with van der Waals surface area (Å²) in [6.07, 6.45) is 6.09. The fourth-order valence-electron chi connectivity index (χ4n) is 2.77. The molecular weight excluding hydrogens is 264 g/mol. The van der Waals surface area contributed by atoms with Gasteiger partial charge in [-0.2, -0.15) is 0 Å². The topological polar surface area (TPSA) is 59.8 Å². The second kappa shape index (κ2) is 5.68. The number of nitrogens with one attached hydrogen (secondary N) is 1. The third-order valence-corrected chi connectivity index (χ3v) is 3.82. The van der Waals surface area contributed by atoms with Gasteiger partial charge in [0.15, 0.2) is 0 Å². The van der Waals surface area contributed by atoms with Crippen molar-refractivity contribution in [1.29, 1.82) is 0 Å². The van der Waals surface area contributed by atoms with E-state index in [1.807, 2.05) is 26.0 Å². The van der Waals surface area contributed by atoms with Gasteiger partial charge in [0, 0.05) is 37.1 Å². The minimum atomic E-state index is 0.0611.